The fraction of sp³-hybridized carbons (Fsp3) is 0.500. The number of likely N-dealkylation sites (tertiary alicyclic amines) is 1. The summed E-state index contributed by atoms with van der Waals surface area (Å²) in [7, 11) is 0. The van der Waals surface area contributed by atoms with Crippen LogP contribution in [-0.4, -0.2) is 45.9 Å². The zero-order valence-electron chi connectivity index (χ0n) is 15.2. The van der Waals surface area contributed by atoms with Gasteiger partial charge in [0.05, 0.1) is 0 Å². The molecule has 1 aliphatic rings. The summed E-state index contributed by atoms with van der Waals surface area (Å²) in [6, 6.07) is 6.52. The first-order valence-electron chi connectivity index (χ1n) is 8.60. The van der Waals surface area contributed by atoms with Gasteiger partial charge in [-0.1, -0.05) is 23.5 Å². The molecule has 1 aromatic carbocycles. The molecule has 2 aromatic rings. The Labute approximate surface area is 156 Å². The van der Waals surface area contributed by atoms with Crippen molar-refractivity contribution in [1.29, 1.82) is 0 Å². The molecule has 3 rings (SSSR count). The Balaban J connectivity index is 1.52. The van der Waals surface area contributed by atoms with E-state index in [1.807, 2.05) is 20.8 Å². The van der Waals surface area contributed by atoms with E-state index in [1.165, 1.54) is 23.5 Å². The summed E-state index contributed by atoms with van der Waals surface area (Å²) in [5, 5.41) is 13.3. The van der Waals surface area contributed by atoms with E-state index in [0.29, 0.717) is 19.5 Å². The first kappa shape index (κ1) is 18.6. The molecule has 1 amide bonds. The molecule has 0 saturated carbocycles. The smallest absolute Gasteiger partial charge is 0.410 e. The lowest BCUT2D eigenvalue weighted by Crippen LogP contribution is -2.36. The maximum Gasteiger partial charge on any atom is 0.410 e. The van der Waals surface area contributed by atoms with Gasteiger partial charge in [0.15, 0.2) is 0 Å². The largest absolute Gasteiger partial charge is 0.444 e. The highest BCUT2D eigenvalue weighted by atomic mass is 32.1. The second-order valence-electron chi connectivity index (χ2n) is 7.36. The van der Waals surface area contributed by atoms with Crippen LogP contribution in [0.2, 0.25) is 0 Å². The second-order valence-corrected chi connectivity index (χ2v) is 8.42. The minimum Gasteiger partial charge on any atom is -0.444 e. The molecule has 0 spiro atoms. The predicted octanol–water partition coefficient (Wildman–Crippen LogP) is 3.69. The number of hydrogen-bond donors (Lipinski definition) is 1. The van der Waals surface area contributed by atoms with Crippen molar-refractivity contribution in [2.75, 3.05) is 18.4 Å². The molecule has 6 nitrogen and oxygen atoms in total. The number of benzene rings is 1. The molecule has 0 aliphatic carbocycles. The number of anilines is 1. The number of carbonyl (C=O) groups is 1. The van der Waals surface area contributed by atoms with Gasteiger partial charge in [-0.2, -0.15) is 0 Å². The molecule has 8 heteroatoms. The van der Waals surface area contributed by atoms with Crippen LogP contribution in [0, 0.1) is 5.82 Å². The van der Waals surface area contributed by atoms with Crippen molar-refractivity contribution < 1.29 is 13.9 Å². The average molecular weight is 378 g/mol. The third-order valence-electron chi connectivity index (χ3n) is 3.90. The van der Waals surface area contributed by atoms with Crippen LogP contribution in [0.15, 0.2) is 24.3 Å². The van der Waals surface area contributed by atoms with Crippen molar-refractivity contribution in [3.05, 3.63) is 40.7 Å². The zero-order chi connectivity index (χ0) is 18.7. The molecule has 1 aromatic heterocycles. The molecule has 1 saturated heterocycles. The van der Waals surface area contributed by atoms with E-state index < -0.39 is 5.60 Å². The normalized spacial score (nSPS) is 17.4. The Morgan fingerprint density at radius 2 is 2.08 bits per heavy atom. The number of nitrogens with zero attached hydrogens (tertiary/aromatic N) is 3. The number of nitrogens with one attached hydrogen (secondary N) is 1. The van der Waals surface area contributed by atoms with Crippen LogP contribution in [0.3, 0.4) is 0 Å². The van der Waals surface area contributed by atoms with Crippen LogP contribution in [-0.2, 0) is 11.2 Å². The molecule has 1 atom stereocenters. The lowest BCUT2D eigenvalue weighted by molar-refractivity contribution is 0.0293. The van der Waals surface area contributed by atoms with Gasteiger partial charge >= 0.3 is 6.09 Å². The van der Waals surface area contributed by atoms with Crippen LogP contribution < -0.4 is 5.32 Å². The van der Waals surface area contributed by atoms with Gasteiger partial charge < -0.3 is 15.0 Å². The minimum absolute atomic E-state index is 0.133. The van der Waals surface area contributed by atoms with Crippen LogP contribution >= 0.6 is 11.3 Å². The van der Waals surface area contributed by atoms with Crippen molar-refractivity contribution in [3.63, 3.8) is 0 Å². The third-order valence-corrected chi connectivity index (χ3v) is 4.76. The van der Waals surface area contributed by atoms with E-state index in [-0.39, 0.29) is 18.0 Å². The number of amides is 1. The van der Waals surface area contributed by atoms with Gasteiger partial charge in [0.25, 0.3) is 0 Å². The molecule has 1 unspecified atom stereocenters. The summed E-state index contributed by atoms with van der Waals surface area (Å²) in [4.78, 5) is 13.8. The molecule has 1 fully saturated rings. The second kappa shape index (κ2) is 7.57. The molecule has 26 heavy (non-hydrogen) atoms. The molecular formula is C18H23FN4O2S. The molecular weight excluding hydrogens is 355 g/mol. The molecule has 0 bridgehead atoms. The fourth-order valence-electron chi connectivity index (χ4n) is 2.71. The monoisotopic (exact) mass is 378 g/mol. The van der Waals surface area contributed by atoms with Gasteiger partial charge in [0, 0.05) is 25.6 Å². The Morgan fingerprint density at radius 1 is 1.35 bits per heavy atom. The standard InChI is InChI=1S/C18H23FN4O2S/c1-18(2,3)25-17(24)23-9-8-14(11-23)20-16-22-21-15(26-16)10-12-4-6-13(19)7-5-12/h4-7,14H,8-11H2,1-3H3,(H,20,22). The molecule has 2 heterocycles. The number of halogens is 1. The van der Waals surface area contributed by atoms with Gasteiger partial charge in [0.2, 0.25) is 5.13 Å². The molecule has 0 radical (unpaired) electrons. The molecule has 1 N–H and O–H groups in total. The van der Waals surface area contributed by atoms with E-state index >= 15 is 0 Å². The third kappa shape index (κ3) is 5.14. The van der Waals surface area contributed by atoms with Crippen LogP contribution in [0.25, 0.3) is 0 Å². The summed E-state index contributed by atoms with van der Waals surface area (Å²) in [5.74, 6) is -0.246. The number of hydrogen-bond acceptors (Lipinski definition) is 6. The summed E-state index contributed by atoms with van der Waals surface area (Å²) in [5.41, 5.74) is 0.503. The van der Waals surface area contributed by atoms with Crippen molar-refractivity contribution in [2.24, 2.45) is 0 Å². The molecule has 140 valence electrons. The van der Waals surface area contributed by atoms with Gasteiger partial charge in [-0.25, -0.2) is 9.18 Å². The van der Waals surface area contributed by atoms with E-state index in [1.54, 1.807) is 17.0 Å². The van der Waals surface area contributed by atoms with Crippen molar-refractivity contribution in [3.8, 4) is 0 Å². The van der Waals surface area contributed by atoms with E-state index in [2.05, 4.69) is 15.5 Å². The van der Waals surface area contributed by atoms with Crippen LogP contribution in [0.1, 0.15) is 37.8 Å². The average Bonchev–Trinajstić information content (AvgIpc) is 3.18. The topological polar surface area (TPSA) is 67.3 Å². The van der Waals surface area contributed by atoms with Gasteiger partial charge in [-0.3, -0.25) is 0 Å². The van der Waals surface area contributed by atoms with E-state index in [4.69, 9.17) is 4.74 Å². The SMILES string of the molecule is CC(C)(C)OC(=O)N1CCC(Nc2nnc(Cc3ccc(F)cc3)s2)C1. The van der Waals surface area contributed by atoms with Crippen molar-refractivity contribution >= 4 is 22.6 Å². The van der Waals surface area contributed by atoms with Crippen molar-refractivity contribution in [1.82, 2.24) is 15.1 Å². The number of aromatic nitrogens is 2. The summed E-state index contributed by atoms with van der Waals surface area (Å²) in [6.07, 6.45) is 1.18. The number of rotatable bonds is 4. The van der Waals surface area contributed by atoms with Gasteiger partial charge in [0.1, 0.15) is 16.4 Å². The Bertz CT molecular complexity index is 757. The molecule has 1 aliphatic heterocycles. The summed E-state index contributed by atoms with van der Waals surface area (Å²) < 4.78 is 18.4. The number of carbonyl (C=O) groups excluding carboxylic acids is 1. The highest BCUT2D eigenvalue weighted by molar-refractivity contribution is 7.15. The first-order chi connectivity index (χ1) is 12.3. The quantitative estimate of drug-likeness (QED) is 0.879. The van der Waals surface area contributed by atoms with Gasteiger partial charge in [-0.15, -0.1) is 10.2 Å². The Kier molecular flexibility index (Phi) is 5.41. The summed E-state index contributed by atoms with van der Waals surface area (Å²) >= 11 is 1.48. The van der Waals surface area contributed by atoms with E-state index in [0.717, 1.165) is 22.1 Å². The Hall–Kier alpha value is -2.22. The lowest BCUT2D eigenvalue weighted by Gasteiger charge is -2.24. The minimum atomic E-state index is -0.489. The van der Waals surface area contributed by atoms with Crippen LogP contribution in [0.4, 0.5) is 14.3 Å². The fourth-order valence-corrected chi connectivity index (χ4v) is 3.56. The van der Waals surface area contributed by atoms with Crippen LogP contribution in [0.5, 0.6) is 0 Å². The van der Waals surface area contributed by atoms with Crippen molar-refractivity contribution in [2.45, 2.75) is 45.3 Å². The van der Waals surface area contributed by atoms with E-state index in [9.17, 15) is 9.18 Å². The van der Waals surface area contributed by atoms with Gasteiger partial charge in [-0.05, 0) is 44.9 Å². The lowest BCUT2D eigenvalue weighted by atomic mass is 10.2. The highest BCUT2D eigenvalue weighted by Gasteiger charge is 2.30. The first-order valence-corrected chi connectivity index (χ1v) is 9.41. The zero-order valence-corrected chi connectivity index (χ0v) is 16.0. The maximum atomic E-state index is 13.0. The Morgan fingerprint density at radius 3 is 2.77 bits per heavy atom. The summed E-state index contributed by atoms with van der Waals surface area (Å²) in [6.45, 7) is 6.83. The predicted molar refractivity (Wildman–Crippen MR) is 98.9 cm³/mol. The highest BCUT2D eigenvalue weighted by Crippen LogP contribution is 2.22. The number of ether oxygens (including phenoxy) is 1. The maximum absolute atomic E-state index is 13.0.